The Balaban J connectivity index is 1.65. The molecule has 0 fully saturated rings. The number of aromatic nitrogens is 2. The van der Waals surface area contributed by atoms with Gasteiger partial charge in [-0.15, -0.1) is 0 Å². The summed E-state index contributed by atoms with van der Waals surface area (Å²) >= 11 is 0. The predicted octanol–water partition coefficient (Wildman–Crippen LogP) is 7.77. The fourth-order valence-electron chi connectivity index (χ4n) is 6.31. The Kier molecular flexibility index (Phi) is 4.68. The molecule has 38 heavy (non-hydrogen) atoms. The number of fused-ring (bicyclic) bond motifs is 7. The summed E-state index contributed by atoms with van der Waals surface area (Å²) < 4.78 is 4.96. The molecule has 180 valence electrons. The maximum absolute atomic E-state index is 2.48. The van der Waals surface area contributed by atoms with Gasteiger partial charge in [0, 0.05) is 32.4 Å². The zero-order chi connectivity index (χ0) is 25.1. The smallest absolute Gasteiger partial charge is 0.0703 e. The Bertz CT molecular complexity index is 2180. The van der Waals surface area contributed by atoms with E-state index in [1.165, 1.54) is 65.6 Å². The summed E-state index contributed by atoms with van der Waals surface area (Å²) in [4.78, 5) is 0. The molecule has 7 aromatic rings. The minimum absolute atomic E-state index is 1.04. The third-order valence-corrected chi connectivity index (χ3v) is 7.93. The normalized spacial score (nSPS) is 12.9. The molecule has 0 radical (unpaired) electrons. The second-order valence-corrected chi connectivity index (χ2v) is 10.1. The second kappa shape index (κ2) is 8.36. The largest absolute Gasteiger partial charge is 0.308 e. The van der Waals surface area contributed by atoms with Crippen molar-refractivity contribution in [1.29, 1.82) is 0 Å². The summed E-state index contributed by atoms with van der Waals surface area (Å²) in [7, 11) is 0. The van der Waals surface area contributed by atoms with Gasteiger partial charge in [-0.2, -0.15) is 0 Å². The zero-order valence-corrected chi connectivity index (χ0v) is 21.0. The van der Waals surface area contributed by atoms with Crippen molar-refractivity contribution in [2.45, 2.75) is 12.8 Å². The van der Waals surface area contributed by atoms with Gasteiger partial charge in [0.05, 0.1) is 22.1 Å². The van der Waals surface area contributed by atoms with Crippen LogP contribution in [0.1, 0.15) is 12.8 Å². The van der Waals surface area contributed by atoms with Crippen molar-refractivity contribution in [2.24, 2.45) is 0 Å². The molecule has 1 aliphatic carbocycles. The summed E-state index contributed by atoms with van der Waals surface area (Å²) in [6.07, 6.45) is 6.95. The lowest BCUT2D eigenvalue weighted by Crippen LogP contribution is -2.35. The minimum Gasteiger partial charge on any atom is -0.308 e. The molecule has 0 saturated heterocycles. The number of hydrogen-bond acceptors (Lipinski definition) is 0. The first kappa shape index (κ1) is 21.3. The number of hydrogen-bond donors (Lipinski definition) is 0. The number of nitrogens with zero attached hydrogens (tertiary/aromatic N) is 2. The van der Waals surface area contributed by atoms with Gasteiger partial charge in [-0.1, -0.05) is 103 Å². The fourth-order valence-corrected chi connectivity index (χ4v) is 6.31. The quantitative estimate of drug-likeness (QED) is 0.236. The van der Waals surface area contributed by atoms with Gasteiger partial charge in [0.1, 0.15) is 0 Å². The van der Waals surface area contributed by atoms with E-state index < -0.39 is 0 Å². The predicted molar refractivity (Wildman–Crippen MR) is 161 cm³/mol. The molecule has 0 spiro atoms. The molecule has 0 saturated carbocycles. The molecule has 0 bridgehead atoms. The number of rotatable bonds is 2. The molecule has 2 heterocycles. The van der Waals surface area contributed by atoms with E-state index >= 15 is 0 Å². The Morgan fingerprint density at radius 2 is 1.13 bits per heavy atom. The van der Waals surface area contributed by atoms with E-state index in [0.29, 0.717) is 0 Å². The van der Waals surface area contributed by atoms with E-state index in [0.717, 1.165) is 12.8 Å². The molecular formula is C36H26N2. The van der Waals surface area contributed by atoms with Gasteiger partial charge in [-0.05, 0) is 54.3 Å². The van der Waals surface area contributed by atoms with Crippen molar-refractivity contribution in [3.05, 3.63) is 132 Å². The van der Waals surface area contributed by atoms with E-state index in [4.69, 9.17) is 0 Å². The van der Waals surface area contributed by atoms with Gasteiger partial charge >= 0.3 is 0 Å². The molecule has 2 heteroatoms. The van der Waals surface area contributed by atoms with Crippen LogP contribution in [0.3, 0.4) is 0 Å². The third-order valence-electron chi connectivity index (χ3n) is 7.93. The number of para-hydroxylation sites is 4. The van der Waals surface area contributed by atoms with Gasteiger partial charge in [0.15, 0.2) is 0 Å². The number of benzene rings is 5. The van der Waals surface area contributed by atoms with Gasteiger partial charge in [-0.25, -0.2) is 0 Å². The lowest BCUT2D eigenvalue weighted by molar-refractivity contribution is 1.00. The van der Waals surface area contributed by atoms with E-state index in [1.807, 2.05) is 0 Å². The van der Waals surface area contributed by atoms with Crippen molar-refractivity contribution < 1.29 is 0 Å². The first-order valence-corrected chi connectivity index (χ1v) is 13.4. The Morgan fingerprint density at radius 3 is 2.03 bits per heavy atom. The standard InChI is InChI=1S/C36H26N2/c1-2-12-25(13-3-1)26-14-10-15-27(24-26)37-32-20-6-4-16-28(32)30-18-11-19-31-29-17-5-7-21-33(29)38(36(30)31)35-23-9-8-22-34(35)37/h1-3,5,7-24H,4,6H2. The summed E-state index contributed by atoms with van der Waals surface area (Å²) in [6.45, 7) is 0. The van der Waals surface area contributed by atoms with Gasteiger partial charge in [0.25, 0.3) is 0 Å². The third kappa shape index (κ3) is 3.07. The average Bonchev–Trinajstić information content (AvgIpc) is 3.32. The van der Waals surface area contributed by atoms with Crippen LogP contribution in [0, 0.1) is 0 Å². The molecule has 1 aliphatic rings. The first-order valence-electron chi connectivity index (χ1n) is 13.4. The van der Waals surface area contributed by atoms with E-state index in [1.54, 1.807) is 0 Å². The maximum Gasteiger partial charge on any atom is 0.0703 e. The van der Waals surface area contributed by atoms with Gasteiger partial charge in [-0.3, -0.25) is 0 Å². The molecule has 0 unspecified atom stereocenters. The molecule has 0 aliphatic heterocycles. The van der Waals surface area contributed by atoms with Crippen molar-refractivity contribution in [3.63, 3.8) is 0 Å². The van der Waals surface area contributed by atoms with Crippen molar-refractivity contribution in [1.82, 2.24) is 8.97 Å². The van der Waals surface area contributed by atoms with Crippen LogP contribution in [-0.2, 0) is 0 Å². The SMILES string of the molecule is C1=c2c(n(-c3cccc(-c4ccccc4)c3)c3ccccc3n3c4ccccc4c4cccc2c43)=CCC1. The summed E-state index contributed by atoms with van der Waals surface area (Å²) in [5.74, 6) is 0. The van der Waals surface area contributed by atoms with Crippen LogP contribution in [0.2, 0.25) is 0 Å². The topological polar surface area (TPSA) is 9.34 Å². The lowest BCUT2D eigenvalue weighted by Gasteiger charge is -2.17. The Morgan fingerprint density at radius 1 is 0.474 bits per heavy atom. The van der Waals surface area contributed by atoms with E-state index in [-0.39, 0.29) is 0 Å². The minimum atomic E-state index is 1.04. The molecular weight excluding hydrogens is 460 g/mol. The van der Waals surface area contributed by atoms with Crippen LogP contribution in [-0.4, -0.2) is 8.97 Å². The highest BCUT2D eigenvalue weighted by Gasteiger charge is 2.15. The summed E-state index contributed by atoms with van der Waals surface area (Å²) in [5.41, 5.74) is 8.54. The van der Waals surface area contributed by atoms with Crippen molar-refractivity contribution >= 4 is 50.4 Å². The van der Waals surface area contributed by atoms with Gasteiger partial charge < -0.3 is 8.97 Å². The average molecular weight is 487 g/mol. The van der Waals surface area contributed by atoms with Crippen molar-refractivity contribution in [3.8, 4) is 16.8 Å². The Labute approximate surface area is 220 Å². The molecule has 5 aromatic carbocycles. The lowest BCUT2D eigenvalue weighted by atomic mass is 10.0. The molecule has 2 aromatic heterocycles. The first-order chi connectivity index (χ1) is 18.9. The Hall–Kier alpha value is -4.82. The van der Waals surface area contributed by atoms with Crippen LogP contribution in [0.25, 0.3) is 67.2 Å². The maximum atomic E-state index is 2.48. The monoisotopic (exact) mass is 486 g/mol. The molecule has 0 amide bonds. The highest BCUT2D eigenvalue weighted by molar-refractivity contribution is 6.15. The van der Waals surface area contributed by atoms with Crippen LogP contribution in [0.5, 0.6) is 0 Å². The molecule has 0 N–H and O–H groups in total. The zero-order valence-electron chi connectivity index (χ0n) is 21.0. The highest BCUT2D eigenvalue weighted by Crippen LogP contribution is 2.33. The van der Waals surface area contributed by atoms with E-state index in [2.05, 4.69) is 142 Å². The summed E-state index contributed by atoms with van der Waals surface area (Å²) in [5, 5.41) is 6.46. The summed E-state index contributed by atoms with van der Waals surface area (Å²) in [6, 6.07) is 44.1. The van der Waals surface area contributed by atoms with Crippen LogP contribution in [0.4, 0.5) is 0 Å². The van der Waals surface area contributed by atoms with Crippen LogP contribution < -0.4 is 10.6 Å². The van der Waals surface area contributed by atoms with E-state index in [9.17, 15) is 0 Å². The van der Waals surface area contributed by atoms with Crippen LogP contribution >= 0.6 is 0 Å². The fraction of sp³-hybridized carbons (Fsp3) is 0.0556. The van der Waals surface area contributed by atoms with Crippen molar-refractivity contribution in [2.75, 3.05) is 0 Å². The van der Waals surface area contributed by atoms with Crippen LogP contribution in [0.15, 0.2) is 121 Å². The molecule has 2 nitrogen and oxygen atoms in total. The van der Waals surface area contributed by atoms with Gasteiger partial charge in [0.2, 0.25) is 0 Å². The highest BCUT2D eigenvalue weighted by atomic mass is 15.0. The molecule has 0 atom stereocenters. The second-order valence-electron chi connectivity index (χ2n) is 10.1. The molecule has 8 rings (SSSR count).